The molecule has 21 heavy (non-hydrogen) atoms. The van der Waals surface area contributed by atoms with Crippen LogP contribution in [0.1, 0.15) is 35.9 Å². The summed E-state index contributed by atoms with van der Waals surface area (Å²) >= 11 is 12.2. The summed E-state index contributed by atoms with van der Waals surface area (Å²) < 4.78 is 19.7. The van der Waals surface area contributed by atoms with Gasteiger partial charge in [0.1, 0.15) is 11.6 Å². The molecular formula is C17H15Cl2FO. The van der Waals surface area contributed by atoms with E-state index in [1.54, 1.807) is 12.1 Å². The zero-order chi connectivity index (χ0) is 15.2. The second-order valence-electron chi connectivity index (χ2n) is 5.96. The van der Waals surface area contributed by atoms with E-state index in [4.69, 9.17) is 27.9 Å². The number of alkyl halides is 1. The van der Waals surface area contributed by atoms with Gasteiger partial charge in [0.2, 0.25) is 0 Å². The molecule has 0 saturated heterocycles. The second-order valence-corrected chi connectivity index (χ2v) is 6.83. The van der Waals surface area contributed by atoms with Crippen molar-refractivity contribution in [3.8, 4) is 5.75 Å². The fraction of sp³-hybridized carbons (Fsp3) is 0.294. The molecule has 0 N–H and O–H groups in total. The van der Waals surface area contributed by atoms with Crippen LogP contribution in [0.4, 0.5) is 4.39 Å². The maximum Gasteiger partial charge on any atom is 0.129 e. The summed E-state index contributed by atoms with van der Waals surface area (Å²) in [7, 11) is 0. The second kappa shape index (κ2) is 5.19. The van der Waals surface area contributed by atoms with Gasteiger partial charge in [-0.3, -0.25) is 0 Å². The molecule has 0 amide bonds. The predicted octanol–water partition coefficient (Wildman–Crippen LogP) is 5.48. The van der Waals surface area contributed by atoms with Crippen molar-refractivity contribution in [2.75, 3.05) is 6.61 Å². The van der Waals surface area contributed by atoms with Gasteiger partial charge in [-0.05, 0) is 29.8 Å². The van der Waals surface area contributed by atoms with E-state index in [2.05, 4.69) is 13.8 Å². The van der Waals surface area contributed by atoms with Crippen molar-refractivity contribution in [1.82, 2.24) is 0 Å². The van der Waals surface area contributed by atoms with Crippen molar-refractivity contribution >= 4 is 23.2 Å². The molecule has 2 aromatic carbocycles. The van der Waals surface area contributed by atoms with E-state index in [-0.39, 0.29) is 5.41 Å². The Labute approximate surface area is 133 Å². The number of halogens is 3. The molecular weight excluding hydrogens is 310 g/mol. The van der Waals surface area contributed by atoms with E-state index in [0.717, 1.165) is 16.9 Å². The molecule has 0 fully saturated rings. The summed E-state index contributed by atoms with van der Waals surface area (Å²) in [5.74, 6) is 0.489. The molecule has 1 heterocycles. The highest BCUT2D eigenvalue weighted by Crippen LogP contribution is 2.41. The van der Waals surface area contributed by atoms with Gasteiger partial charge in [0.15, 0.2) is 0 Å². The van der Waals surface area contributed by atoms with Crippen LogP contribution in [0.5, 0.6) is 5.75 Å². The highest BCUT2D eigenvalue weighted by molar-refractivity contribution is 6.30. The number of benzene rings is 2. The first-order valence-corrected chi connectivity index (χ1v) is 7.56. The molecule has 1 atom stereocenters. The Morgan fingerprint density at radius 2 is 1.95 bits per heavy atom. The van der Waals surface area contributed by atoms with Crippen molar-refractivity contribution < 1.29 is 9.13 Å². The average molecular weight is 325 g/mol. The van der Waals surface area contributed by atoms with Crippen LogP contribution in [0.15, 0.2) is 36.4 Å². The lowest BCUT2D eigenvalue weighted by Gasteiger charge is -2.18. The smallest absolute Gasteiger partial charge is 0.129 e. The van der Waals surface area contributed by atoms with E-state index in [9.17, 15) is 4.39 Å². The van der Waals surface area contributed by atoms with Crippen molar-refractivity contribution in [1.29, 1.82) is 0 Å². The normalized spacial score (nSPS) is 17.2. The van der Waals surface area contributed by atoms with E-state index in [1.807, 2.05) is 18.2 Å². The zero-order valence-corrected chi connectivity index (χ0v) is 13.3. The predicted molar refractivity (Wildman–Crippen MR) is 84.1 cm³/mol. The van der Waals surface area contributed by atoms with E-state index in [0.29, 0.717) is 17.2 Å². The lowest BCUT2D eigenvalue weighted by Crippen LogP contribution is -2.18. The van der Waals surface area contributed by atoms with Gasteiger partial charge in [-0.1, -0.05) is 37.6 Å². The molecule has 1 nitrogen and oxygen atoms in total. The van der Waals surface area contributed by atoms with Gasteiger partial charge in [0, 0.05) is 21.6 Å². The van der Waals surface area contributed by atoms with Crippen LogP contribution >= 0.6 is 23.2 Å². The standard InChI is InChI=1S/C17H15Cl2FO/c1-17(2)9-21-15-6-3-10(7-13(15)17)16(19)12-5-4-11(18)8-14(12)20/h3-8,16H,9H2,1-2H3. The summed E-state index contributed by atoms with van der Waals surface area (Å²) in [4.78, 5) is 0. The van der Waals surface area contributed by atoms with Gasteiger partial charge in [0.05, 0.1) is 12.0 Å². The topological polar surface area (TPSA) is 9.23 Å². The largest absolute Gasteiger partial charge is 0.492 e. The van der Waals surface area contributed by atoms with Crippen molar-refractivity contribution in [2.45, 2.75) is 24.6 Å². The van der Waals surface area contributed by atoms with E-state index < -0.39 is 11.2 Å². The monoisotopic (exact) mass is 324 g/mol. The highest BCUT2D eigenvalue weighted by Gasteiger charge is 2.32. The van der Waals surface area contributed by atoms with Crippen molar-refractivity contribution in [3.63, 3.8) is 0 Å². The molecule has 0 spiro atoms. The van der Waals surface area contributed by atoms with Gasteiger partial charge in [-0.15, -0.1) is 11.6 Å². The average Bonchev–Trinajstić information content (AvgIpc) is 2.74. The maximum atomic E-state index is 14.0. The minimum atomic E-state index is -0.552. The fourth-order valence-electron chi connectivity index (χ4n) is 2.58. The van der Waals surface area contributed by atoms with E-state index >= 15 is 0 Å². The lowest BCUT2D eigenvalue weighted by atomic mass is 9.85. The zero-order valence-electron chi connectivity index (χ0n) is 11.8. The minimum absolute atomic E-state index is 0.0551. The molecule has 3 rings (SSSR count). The van der Waals surface area contributed by atoms with Crippen LogP contribution in [-0.2, 0) is 5.41 Å². The Morgan fingerprint density at radius 3 is 2.67 bits per heavy atom. The Bertz CT molecular complexity index is 697. The van der Waals surface area contributed by atoms with Gasteiger partial charge >= 0.3 is 0 Å². The lowest BCUT2D eigenvalue weighted by molar-refractivity contribution is 0.291. The van der Waals surface area contributed by atoms with Gasteiger partial charge in [-0.25, -0.2) is 4.39 Å². The number of hydrogen-bond acceptors (Lipinski definition) is 1. The number of hydrogen-bond donors (Lipinski definition) is 0. The molecule has 110 valence electrons. The summed E-state index contributed by atoms with van der Waals surface area (Å²) in [6.07, 6.45) is 0. The molecule has 0 saturated carbocycles. The molecule has 0 aliphatic carbocycles. The first-order valence-electron chi connectivity index (χ1n) is 6.75. The third-order valence-electron chi connectivity index (χ3n) is 3.85. The molecule has 0 aromatic heterocycles. The number of fused-ring (bicyclic) bond motifs is 1. The van der Waals surface area contributed by atoms with E-state index in [1.165, 1.54) is 6.07 Å². The van der Waals surface area contributed by atoms with Gasteiger partial charge in [0.25, 0.3) is 0 Å². The molecule has 1 unspecified atom stereocenters. The number of rotatable bonds is 2. The van der Waals surface area contributed by atoms with Crippen LogP contribution in [0.2, 0.25) is 5.02 Å². The van der Waals surface area contributed by atoms with Crippen LogP contribution < -0.4 is 4.74 Å². The SMILES string of the molecule is CC1(C)COc2ccc(C(Cl)c3ccc(Cl)cc3F)cc21. The molecule has 0 bridgehead atoms. The first kappa shape index (κ1) is 14.7. The summed E-state index contributed by atoms with van der Waals surface area (Å²) in [5, 5.41) is -0.187. The Morgan fingerprint density at radius 1 is 1.19 bits per heavy atom. The Kier molecular flexibility index (Phi) is 3.62. The van der Waals surface area contributed by atoms with Crippen molar-refractivity contribution in [2.24, 2.45) is 0 Å². The molecule has 0 radical (unpaired) electrons. The summed E-state index contributed by atoms with van der Waals surface area (Å²) in [6, 6.07) is 10.4. The van der Waals surface area contributed by atoms with Crippen LogP contribution in [0.3, 0.4) is 0 Å². The third-order valence-corrected chi connectivity index (χ3v) is 4.57. The highest BCUT2D eigenvalue weighted by atomic mass is 35.5. The maximum absolute atomic E-state index is 14.0. The quantitative estimate of drug-likeness (QED) is 0.665. The van der Waals surface area contributed by atoms with Crippen molar-refractivity contribution in [3.05, 3.63) is 63.9 Å². The van der Waals surface area contributed by atoms with Crippen LogP contribution in [-0.4, -0.2) is 6.61 Å². The summed E-state index contributed by atoms with van der Waals surface area (Å²) in [5.41, 5.74) is 2.34. The minimum Gasteiger partial charge on any atom is -0.492 e. The van der Waals surface area contributed by atoms with Crippen LogP contribution in [0, 0.1) is 5.82 Å². The van der Waals surface area contributed by atoms with Gasteiger partial charge < -0.3 is 4.74 Å². The third kappa shape index (κ3) is 2.63. The Hall–Kier alpha value is -1.25. The van der Waals surface area contributed by atoms with Crippen LogP contribution in [0.25, 0.3) is 0 Å². The number of ether oxygens (including phenoxy) is 1. The molecule has 1 aliphatic rings. The molecule has 4 heteroatoms. The molecule has 2 aromatic rings. The first-order chi connectivity index (χ1) is 9.88. The fourth-order valence-corrected chi connectivity index (χ4v) is 3.05. The molecule has 1 aliphatic heterocycles. The Balaban J connectivity index is 2.01. The van der Waals surface area contributed by atoms with Gasteiger partial charge in [-0.2, -0.15) is 0 Å². The summed E-state index contributed by atoms with van der Waals surface area (Å²) in [6.45, 7) is 4.89.